The van der Waals surface area contributed by atoms with Crippen LogP contribution in [0.4, 0.5) is 5.69 Å². The summed E-state index contributed by atoms with van der Waals surface area (Å²) in [6.45, 7) is 1.50. The molecule has 1 aromatic carbocycles. The predicted octanol–water partition coefficient (Wildman–Crippen LogP) is 2.93. The van der Waals surface area contributed by atoms with E-state index in [-0.39, 0.29) is 12.3 Å². The minimum absolute atomic E-state index is 0.0691. The van der Waals surface area contributed by atoms with Gasteiger partial charge in [-0.05, 0) is 54.9 Å². The first-order chi connectivity index (χ1) is 9.06. The molecule has 0 bridgehead atoms. The lowest BCUT2D eigenvalue weighted by atomic mass is 9.95. The van der Waals surface area contributed by atoms with Gasteiger partial charge in [0.25, 0.3) is 0 Å². The Labute approximate surface area is 112 Å². The highest BCUT2D eigenvalue weighted by Gasteiger charge is 2.22. The van der Waals surface area contributed by atoms with Crippen molar-refractivity contribution in [3.05, 3.63) is 29.3 Å². The monoisotopic (exact) mass is 261 g/mol. The molecule has 0 saturated carbocycles. The highest BCUT2D eigenvalue weighted by molar-refractivity contribution is 5.88. The summed E-state index contributed by atoms with van der Waals surface area (Å²) >= 11 is 0. The predicted molar refractivity (Wildman–Crippen MR) is 73.3 cm³/mol. The summed E-state index contributed by atoms with van der Waals surface area (Å²) < 4.78 is 0. The number of hydrogen-bond acceptors (Lipinski definition) is 2. The molecule has 0 aliphatic heterocycles. The van der Waals surface area contributed by atoms with Crippen LogP contribution >= 0.6 is 0 Å². The van der Waals surface area contributed by atoms with Gasteiger partial charge < -0.3 is 10.4 Å². The van der Waals surface area contributed by atoms with E-state index in [9.17, 15) is 9.59 Å². The van der Waals surface area contributed by atoms with Crippen LogP contribution in [0.2, 0.25) is 0 Å². The number of benzene rings is 1. The lowest BCUT2D eigenvalue weighted by Gasteiger charge is -2.12. The number of amides is 1. The summed E-state index contributed by atoms with van der Waals surface area (Å²) in [6, 6.07) is 6.03. The van der Waals surface area contributed by atoms with Gasteiger partial charge in [0, 0.05) is 19.0 Å². The Hall–Kier alpha value is -1.84. The number of fused-ring (bicyclic) bond motifs is 1. The molecular weight excluding hydrogens is 242 g/mol. The minimum Gasteiger partial charge on any atom is -0.481 e. The van der Waals surface area contributed by atoms with Crippen LogP contribution in [0.15, 0.2) is 18.2 Å². The zero-order valence-electron chi connectivity index (χ0n) is 11.1. The number of carbonyl (C=O) groups excluding carboxylic acids is 1. The number of hydrogen-bond donors (Lipinski definition) is 2. The molecule has 0 radical (unpaired) electrons. The summed E-state index contributed by atoms with van der Waals surface area (Å²) in [4.78, 5) is 21.6. The third-order valence-electron chi connectivity index (χ3n) is 3.61. The van der Waals surface area contributed by atoms with Gasteiger partial charge in [0.05, 0.1) is 0 Å². The number of aryl methyl sites for hydroxylation is 1. The van der Waals surface area contributed by atoms with E-state index in [4.69, 9.17) is 5.11 Å². The highest BCUT2D eigenvalue weighted by atomic mass is 16.4. The molecule has 2 rings (SSSR count). The molecular formula is C15H19NO3. The Kier molecular flexibility index (Phi) is 4.20. The molecule has 0 fully saturated rings. The molecule has 102 valence electrons. The maximum absolute atomic E-state index is 11.1. The molecule has 0 heterocycles. The number of carboxylic acid groups (broad SMARTS) is 1. The second-order valence-electron chi connectivity index (χ2n) is 5.12. The fraction of sp³-hybridized carbons (Fsp3) is 0.467. The molecule has 1 aliphatic carbocycles. The van der Waals surface area contributed by atoms with Crippen molar-refractivity contribution < 1.29 is 14.7 Å². The van der Waals surface area contributed by atoms with Crippen LogP contribution < -0.4 is 5.32 Å². The molecule has 4 nitrogen and oxygen atoms in total. The van der Waals surface area contributed by atoms with Crippen molar-refractivity contribution in [2.75, 3.05) is 5.32 Å². The first-order valence-electron chi connectivity index (χ1n) is 6.68. The first kappa shape index (κ1) is 13.6. The van der Waals surface area contributed by atoms with Crippen LogP contribution in [0.25, 0.3) is 0 Å². The summed E-state index contributed by atoms with van der Waals surface area (Å²) in [7, 11) is 0. The van der Waals surface area contributed by atoms with Gasteiger partial charge in [0.15, 0.2) is 0 Å². The van der Waals surface area contributed by atoms with Crippen molar-refractivity contribution >= 4 is 17.6 Å². The Morgan fingerprint density at radius 1 is 1.42 bits per heavy atom. The lowest BCUT2D eigenvalue weighted by molar-refractivity contribution is -0.137. The smallest absolute Gasteiger partial charge is 0.303 e. The van der Waals surface area contributed by atoms with Crippen molar-refractivity contribution in [3.8, 4) is 0 Å². The Balaban J connectivity index is 2.04. The van der Waals surface area contributed by atoms with E-state index >= 15 is 0 Å². The Bertz CT molecular complexity index is 496. The van der Waals surface area contributed by atoms with Crippen LogP contribution in [0.3, 0.4) is 0 Å². The Morgan fingerprint density at radius 2 is 2.21 bits per heavy atom. The molecule has 0 aromatic heterocycles. The van der Waals surface area contributed by atoms with Crippen molar-refractivity contribution in [3.63, 3.8) is 0 Å². The SMILES string of the molecule is CC(=O)Nc1ccc2c(c1)C(CCCC(=O)O)CC2. The number of nitrogens with one attached hydrogen (secondary N) is 1. The number of carbonyl (C=O) groups is 2. The third-order valence-corrected chi connectivity index (χ3v) is 3.61. The van der Waals surface area contributed by atoms with Crippen LogP contribution in [-0.2, 0) is 16.0 Å². The number of aliphatic carboxylic acids is 1. The standard InChI is InChI=1S/C15H19NO3/c1-10(17)16-13-8-7-12-6-5-11(14(12)9-13)3-2-4-15(18)19/h7-9,11H,2-6H2,1H3,(H,16,17)(H,18,19). The van der Waals surface area contributed by atoms with Gasteiger partial charge in [-0.15, -0.1) is 0 Å². The highest BCUT2D eigenvalue weighted by Crippen LogP contribution is 2.37. The molecule has 1 amide bonds. The number of rotatable bonds is 5. The second-order valence-corrected chi connectivity index (χ2v) is 5.12. The quantitative estimate of drug-likeness (QED) is 0.856. The van der Waals surface area contributed by atoms with Gasteiger partial charge in [0.2, 0.25) is 5.91 Å². The van der Waals surface area contributed by atoms with Gasteiger partial charge in [-0.2, -0.15) is 0 Å². The molecule has 1 atom stereocenters. The van der Waals surface area contributed by atoms with E-state index in [2.05, 4.69) is 11.4 Å². The maximum atomic E-state index is 11.1. The molecule has 0 saturated heterocycles. The van der Waals surface area contributed by atoms with Crippen LogP contribution in [0, 0.1) is 0 Å². The van der Waals surface area contributed by atoms with Gasteiger partial charge in [-0.25, -0.2) is 0 Å². The topological polar surface area (TPSA) is 66.4 Å². The van der Waals surface area contributed by atoms with E-state index in [1.54, 1.807) is 0 Å². The van der Waals surface area contributed by atoms with Crippen LogP contribution in [0.1, 0.15) is 49.7 Å². The molecule has 1 aliphatic rings. The summed E-state index contributed by atoms with van der Waals surface area (Å²) in [6.07, 6.45) is 3.98. The van der Waals surface area contributed by atoms with Gasteiger partial charge >= 0.3 is 5.97 Å². The average Bonchev–Trinajstić information content (AvgIpc) is 2.71. The van der Waals surface area contributed by atoms with E-state index in [1.807, 2.05) is 12.1 Å². The van der Waals surface area contributed by atoms with Crippen molar-refractivity contribution in [2.45, 2.75) is 44.9 Å². The van der Waals surface area contributed by atoms with Crippen LogP contribution in [-0.4, -0.2) is 17.0 Å². The maximum Gasteiger partial charge on any atom is 0.303 e. The van der Waals surface area contributed by atoms with Crippen molar-refractivity contribution in [2.24, 2.45) is 0 Å². The van der Waals surface area contributed by atoms with Crippen molar-refractivity contribution in [1.82, 2.24) is 0 Å². The second kappa shape index (κ2) is 5.87. The summed E-state index contributed by atoms with van der Waals surface area (Å²) in [5.74, 6) is -0.367. The molecule has 0 spiro atoms. The Morgan fingerprint density at radius 3 is 2.89 bits per heavy atom. The van der Waals surface area contributed by atoms with E-state index in [0.29, 0.717) is 12.3 Å². The summed E-state index contributed by atoms with van der Waals surface area (Å²) in [5, 5.41) is 11.5. The van der Waals surface area contributed by atoms with Gasteiger partial charge in [-0.1, -0.05) is 6.07 Å². The number of anilines is 1. The third kappa shape index (κ3) is 3.56. The minimum atomic E-state index is -0.731. The summed E-state index contributed by atoms with van der Waals surface area (Å²) in [5.41, 5.74) is 3.43. The fourth-order valence-corrected chi connectivity index (χ4v) is 2.77. The van der Waals surface area contributed by atoms with E-state index in [0.717, 1.165) is 24.9 Å². The van der Waals surface area contributed by atoms with E-state index < -0.39 is 5.97 Å². The van der Waals surface area contributed by atoms with E-state index in [1.165, 1.54) is 18.1 Å². The zero-order valence-corrected chi connectivity index (χ0v) is 11.1. The van der Waals surface area contributed by atoms with Gasteiger partial charge in [-0.3, -0.25) is 9.59 Å². The van der Waals surface area contributed by atoms with Crippen molar-refractivity contribution in [1.29, 1.82) is 0 Å². The number of carboxylic acids is 1. The van der Waals surface area contributed by atoms with Crippen LogP contribution in [0.5, 0.6) is 0 Å². The molecule has 4 heteroatoms. The molecule has 2 N–H and O–H groups in total. The first-order valence-corrected chi connectivity index (χ1v) is 6.68. The molecule has 1 aromatic rings. The largest absolute Gasteiger partial charge is 0.481 e. The molecule has 1 unspecified atom stereocenters. The normalized spacial score (nSPS) is 17.0. The zero-order chi connectivity index (χ0) is 13.8. The fourth-order valence-electron chi connectivity index (χ4n) is 2.77. The average molecular weight is 261 g/mol. The molecule has 19 heavy (non-hydrogen) atoms. The lowest BCUT2D eigenvalue weighted by Crippen LogP contribution is -2.06. The van der Waals surface area contributed by atoms with Gasteiger partial charge in [0.1, 0.15) is 0 Å².